The van der Waals surface area contributed by atoms with Crippen molar-refractivity contribution in [2.24, 2.45) is 5.73 Å². The Morgan fingerprint density at radius 2 is 2.10 bits per heavy atom. The Bertz CT molecular complexity index is 705. The third kappa shape index (κ3) is 2.77. The maximum absolute atomic E-state index is 12.5. The molecule has 0 unspecified atom stereocenters. The summed E-state index contributed by atoms with van der Waals surface area (Å²) < 4.78 is 26.1. The summed E-state index contributed by atoms with van der Waals surface area (Å²) in [5, 5.41) is 0.341. The lowest BCUT2D eigenvalue weighted by Crippen LogP contribution is -2.26. The van der Waals surface area contributed by atoms with Crippen LogP contribution in [-0.2, 0) is 16.6 Å². The minimum absolute atomic E-state index is 0.117. The van der Waals surface area contributed by atoms with Gasteiger partial charge >= 0.3 is 0 Å². The minimum atomic E-state index is -3.67. The standard InChI is InChI=1S/C13H14ClN3O2S/c1-17(11-3-2-6-16-9-11)20(18,19)12-5-4-10(8-15)13(14)7-12/h2-7,9H,8,15H2,1H3. The molecule has 0 aliphatic heterocycles. The summed E-state index contributed by atoms with van der Waals surface area (Å²) >= 11 is 6.01. The predicted molar refractivity (Wildman–Crippen MR) is 79.2 cm³/mol. The molecule has 7 heteroatoms. The van der Waals surface area contributed by atoms with Gasteiger partial charge in [0.2, 0.25) is 0 Å². The van der Waals surface area contributed by atoms with Crippen molar-refractivity contribution in [2.75, 3.05) is 11.4 Å². The van der Waals surface area contributed by atoms with Gasteiger partial charge in [-0.15, -0.1) is 0 Å². The quantitative estimate of drug-likeness (QED) is 0.937. The molecule has 0 spiro atoms. The molecule has 2 N–H and O–H groups in total. The monoisotopic (exact) mass is 311 g/mol. The molecule has 0 bridgehead atoms. The lowest BCUT2D eigenvalue weighted by atomic mass is 10.2. The van der Waals surface area contributed by atoms with Gasteiger partial charge in [0.25, 0.3) is 10.0 Å². The highest BCUT2D eigenvalue weighted by atomic mass is 35.5. The molecule has 5 nitrogen and oxygen atoms in total. The van der Waals surface area contributed by atoms with Gasteiger partial charge in [0.05, 0.1) is 16.8 Å². The van der Waals surface area contributed by atoms with Crippen molar-refractivity contribution >= 4 is 27.3 Å². The van der Waals surface area contributed by atoms with Crippen LogP contribution in [-0.4, -0.2) is 20.4 Å². The van der Waals surface area contributed by atoms with Crippen LogP contribution in [0.5, 0.6) is 0 Å². The summed E-state index contributed by atoms with van der Waals surface area (Å²) in [5.74, 6) is 0. The van der Waals surface area contributed by atoms with E-state index in [-0.39, 0.29) is 11.4 Å². The van der Waals surface area contributed by atoms with Gasteiger partial charge in [-0.25, -0.2) is 8.42 Å². The van der Waals surface area contributed by atoms with Crippen molar-refractivity contribution in [2.45, 2.75) is 11.4 Å². The first-order valence-corrected chi connectivity index (χ1v) is 7.66. The highest BCUT2D eigenvalue weighted by Gasteiger charge is 2.22. The smallest absolute Gasteiger partial charge is 0.264 e. The number of hydrogen-bond donors (Lipinski definition) is 1. The fourth-order valence-electron chi connectivity index (χ4n) is 1.69. The first-order valence-electron chi connectivity index (χ1n) is 5.84. The number of nitrogens with zero attached hydrogens (tertiary/aromatic N) is 2. The molecule has 1 aromatic carbocycles. The van der Waals surface area contributed by atoms with Gasteiger partial charge in [0.1, 0.15) is 0 Å². The third-order valence-corrected chi connectivity index (χ3v) is 5.05. The first kappa shape index (κ1) is 14.8. The van der Waals surface area contributed by atoms with Crippen LogP contribution >= 0.6 is 11.6 Å². The molecular weight excluding hydrogens is 298 g/mol. The Labute approximate surface area is 123 Å². The number of pyridine rings is 1. The molecule has 1 heterocycles. The minimum Gasteiger partial charge on any atom is -0.326 e. The molecule has 2 rings (SSSR count). The molecule has 0 radical (unpaired) electrons. The van der Waals surface area contributed by atoms with Gasteiger partial charge in [-0.1, -0.05) is 17.7 Å². The van der Waals surface area contributed by atoms with E-state index >= 15 is 0 Å². The van der Waals surface area contributed by atoms with E-state index in [0.717, 1.165) is 4.31 Å². The fraction of sp³-hybridized carbons (Fsp3) is 0.154. The van der Waals surface area contributed by atoms with Crippen LogP contribution in [0.15, 0.2) is 47.6 Å². The molecule has 106 valence electrons. The number of hydrogen-bond acceptors (Lipinski definition) is 4. The second-order valence-corrected chi connectivity index (χ2v) is 6.52. The SMILES string of the molecule is CN(c1cccnc1)S(=O)(=O)c1ccc(CN)c(Cl)c1. The van der Waals surface area contributed by atoms with Crippen LogP contribution in [0.2, 0.25) is 5.02 Å². The van der Waals surface area contributed by atoms with E-state index in [9.17, 15) is 8.42 Å². The number of anilines is 1. The average molecular weight is 312 g/mol. The van der Waals surface area contributed by atoms with Crippen molar-refractivity contribution in [3.8, 4) is 0 Å². The van der Waals surface area contributed by atoms with Crippen molar-refractivity contribution < 1.29 is 8.42 Å². The van der Waals surface area contributed by atoms with Gasteiger partial charge < -0.3 is 5.73 Å². The Kier molecular flexibility index (Phi) is 4.27. The van der Waals surface area contributed by atoms with Gasteiger partial charge in [-0.3, -0.25) is 9.29 Å². The maximum Gasteiger partial charge on any atom is 0.264 e. The van der Waals surface area contributed by atoms with Crippen LogP contribution in [0, 0.1) is 0 Å². The zero-order valence-electron chi connectivity index (χ0n) is 10.8. The molecule has 0 saturated heterocycles. The summed E-state index contributed by atoms with van der Waals surface area (Å²) in [6.07, 6.45) is 3.06. The molecule has 0 saturated carbocycles. The van der Waals surface area contributed by atoms with Crippen LogP contribution in [0.4, 0.5) is 5.69 Å². The molecule has 0 atom stereocenters. The lowest BCUT2D eigenvalue weighted by Gasteiger charge is -2.19. The van der Waals surface area contributed by atoms with Crippen LogP contribution in [0.3, 0.4) is 0 Å². The number of nitrogens with two attached hydrogens (primary N) is 1. The number of aromatic nitrogens is 1. The van der Waals surface area contributed by atoms with Crippen molar-refractivity contribution in [1.82, 2.24) is 4.98 Å². The Balaban J connectivity index is 2.43. The number of benzene rings is 1. The Morgan fingerprint density at radius 3 is 2.65 bits per heavy atom. The average Bonchev–Trinajstić information content (AvgIpc) is 2.47. The highest BCUT2D eigenvalue weighted by Crippen LogP contribution is 2.25. The van der Waals surface area contributed by atoms with E-state index in [4.69, 9.17) is 17.3 Å². The third-order valence-electron chi connectivity index (χ3n) is 2.91. The van der Waals surface area contributed by atoms with Crippen LogP contribution in [0.1, 0.15) is 5.56 Å². The summed E-state index contributed by atoms with van der Waals surface area (Å²) in [5.41, 5.74) is 6.69. The van der Waals surface area contributed by atoms with Gasteiger partial charge in [0, 0.05) is 24.8 Å². The molecule has 0 aliphatic carbocycles. The van der Waals surface area contributed by atoms with Gasteiger partial charge in [-0.05, 0) is 29.8 Å². The number of sulfonamides is 1. The molecule has 0 aliphatic rings. The van der Waals surface area contributed by atoms with Crippen molar-refractivity contribution in [3.63, 3.8) is 0 Å². The molecule has 0 amide bonds. The second-order valence-electron chi connectivity index (χ2n) is 4.14. The maximum atomic E-state index is 12.5. The summed E-state index contributed by atoms with van der Waals surface area (Å²) in [4.78, 5) is 4.03. The topological polar surface area (TPSA) is 76.3 Å². The molecule has 0 fully saturated rings. The largest absolute Gasteiger partial charge is 0.326 e. The van der Waals surface area contributed by atoms with E-state index in [2.05, 4.69) is 4.98 Å². The van der Waals surface area contributed by atoms with Gasteiger partial charge in [0.15, 0.2) is 0 Å². The van der Waals surface area contributed by atoms with Gasteiger partial charge in [-0.2, -0.15) is 0 Å². The van der Waals surface area contributed by atoms with E-state index < -0.39 is 10.0 Å². The van der Waals surface area contributed by atoms with Crippen LogP contribution < -0.4 is 10.0 Å². The summed E-state index contributed by atoms with van der Waals surface area (Å²) in [7, 11) is -2.20. The molecular formula is C13H14ClN3O2S. The molecule has 20 heavy (non-hydrogen) atoms. The van der Waals surface area contributed by atoms with Crippen molar-refractivity contribution in [3.05, 3.63) is 53.3 Å². The fourth-order valence-corrected chi connectivity index (χ4v) is 3.22. The van der Waals surface area contributed by atoms with E-state index in [0.29, 0.717) is 16.3 Å². The summed E-state index contributed by atoms with van der Waals surface area (Å²) in [6, 6.07) is 7.86. The number of halogens is 1. The van der Waals surface area contributed by atoms with E-state index in [1.165, 1.54) is 25.4 Å². The molecule has 1 aromatic heterocycles. The lowest BCUT2D eigenvalue weighted by molar-refractivity contribution is 0.594. The van der Waals surface area contributed by atoms with E-state index in [1.807, 2.05) is 0 Å². The van der Waals surface area contributed by atoms with Crippen molar-refractivity contribution in [1.29, 1.82) is 0 Å². The second kappa shape index (κ2) is 5.78. The Morgan fingerprint density at radius 1 is 1.35 bits per heavy atom. The number of rotatable bonds is 4. The normalized spacial score (nSPS) is 11.3. The summed E-state index contributed by atoms with van der Waals surface area (Å²) in [6.45, 7) is 0.262. The highest BCUT2D eigenvalue weighted by molar-refractivity contribution is 7.92. The zero-order valence-corrected chi connectivity index (χ0v) is 12.4. The molecule has 2 aromatic rings. The zero-order chi connectivity index (χ0) is 14.8. The van der Waals surface area contributed by atoms with E-state index in [1.54, 1.807) is 24.4 Å². The Hall–Kier alpha value is -1.63. The van der Waals surface area contributed by atoms with Crippen LogP contribution in [0.25, 0.3) is 0 Å². The first-order chi connectivity index (χ1) is 9.46. The predicted octanol–water partition coefficient (Wildman–Crippen LogP) is 2.02.